The molecule has 0 fully saturated rings. The van der Waals surface area contributed by atoms with E-state index in [0.717, 1.165) is 5.75 Å². The van der Waals surface area contributed by atoms with Crippen LogP contribution in [0.3, 0.4) is 0 Å². The van der Waals surface area contributed by atoms with Gasteiger partial charge >= 0.3 is 0 Å². The van der Waals surface area contributed by atoms with Crippen molar-refractivity contribution in [3.8, 4) is 5.75 Å². The Kier molecular flexibility index (Phi) is 7.46. The lowest BCUT2D eigenvalue weighted by atomic mass is 10.2. The van der Waals surface area contributed by atoms with Crippen molar-refractivity contribution >= 4 is 23.2 Å². The fourth-order valence-electron chi connectivity index (χ4n) is 2.17. The third-order valence-electron chi connectivity index (χ3n) is 3.42. The SMILES string of the molecule is NCCCC(=O)Nc1ccccc1NC(=O)CCOc1ccccc1. The molecule has 2 aromatic carbocycles. The van der Waals surface area contributed by atoms with Crippen LogP contribution >= 0.6 is 0 Å². The van der Waals surface area contributed by atoms with Gasteiger partial charge in [-0.25, -0.2) is 0 Å². The molecule has 0 unspecified atom stereocenters. The highest BCUT2D eigenvalue weighted by atomic mass is 16.5. The Balaban J connectivity index is 1.84. The summed E-state index contributed by atoms with van der Waals surface area (Å²) < 4.78 is 5.51. The summed E-state index contributed by atoms with van der Waals surface area (Å²) in [6.07, 6.45) is 1.19. The van der Waals surface area contributed by atoms with Gasteiger partial charge in [0.25, 0.3) is 0 Å². The molecular formula is C19H23N3O3. The maximum absolute atomic E-state index is 12.1. The summed E-state index contributed by atoms with van der Waals surface area (Å²) in [5.74, 6) is 0.419. The molecule has 0 saturated carbocycles. The molecule has 2 amide bonds. The average molecular weight is 341 g/mol. The predicted octanol–water partition coefficient (Wildman–Crippen LogP) is 2.77. The molecule has 6 heteroatoms. The lowest BCUT2D eigenvalue weighted by Crippen LogP contribution is -2.18. The zero-order chi connectivity index (χ0) is 17.9. The zero-order valence-electron chi connectivity index (χ0n) is 14.0. The molecule has 0 aliphatic carbocycles. The average Bonchev–Trinajstić information content (AvgIpc) is 2.62. The minimum absolute atomic E-state index is 0.125. The summed E-state index contributed by atoms with van der Waals surface area (Å²) in [5.41, 5.74) is 6.54. The van der Waals surface area contributed by atoms with Gasteiger partial charge in [0.2, 0.25) is 11.8 Å². The van der Waals surface area contributed by atoms with E-state index in [1.807, 2.05) is 30.3 Å². The fourth-order valence-corrected chi connectivity index (χ4v) is 2.17. The summed E-state index contributed by atoms with van der Waals surface area (Å²) >= 11 is 0. The molecule has 0 saturated heterocycles. The molecule has 0 aliphatic rings. The molecule has 0 bridgehead atoms. The quantitative estimate of drug-likeness (QED) is 0.654. The number of anilines is 2. The van der Waals surface area contributed by atoms with Crippen molar-refractivity contribution in [1.82, 2.24) is 0 Å². The smallest absolute Gasteiger partial charge is 0.227 e. The van der Waals surface area contributed by atoms with E-state index in [2.05, 4.69) is 10.6 Å². The van der Waals surface area contributed by atoms with Crippen LogP contribution in [0.1, 0.15) is 19.3 Å². The molecule has 0 heterocycles. The van der Waals surface area contributed by atoms with Crippen LogP contribution in [0.5, 0.6) is 5.75 Å². The van der Waals surface area contributed by atoms with Gasteiger partial charge in [-0.2, -0.15) is 0 Å². The highest BCUT2D eigenvalue weighted by molar-refractivity contribution is 5.99. The number of carbonyl (C=O) groups is 2. The van der Waals surface area contributed by atoms with Gasteiger partial charge < -0.3 is 21.1 Å². The largest absolute Gasteiger partial charge is 0.493 e. The summed E-state index contributed by atoms with van der Waals surface area (Å²) in [5, 5.41) is 5.59. The van der Waals surface area contributed by atoms with Gasteiger partial charge in [-0.15, -0.1) is 0 Å². The number of amides is 2. The van der Waals surface area contributed by atoms with Crippen molar-refractivity contribution in [3.05, 3.63) is 54.6 Å². The first-order valence-electron chi connectivity index (χ1n) is 8.25. The summed E-state index contributed by atoms with van der Waals surface area (Å²) in [6.45, 7) is 0.744. The Morgan fingerprint density at radius 2 is 1.40 bits per heavy atom. The van der Waals surface area contributed by atoms with Crippen LogP contribution < -0.4 is 21.1 Å². The molecule has 0 radical (unpaired) electrons. The molecular weight excluding hydrogens is 318 g/mol. The first-order valence-corrected chi connectivity index (χ1v) is 8.25. The fraction of sp³-hybridized carbons (Fsp3) is 0.263. The Morgan fingerprint density at radius 3 is 2.00 bits per heavy atom. The predicted molar refractivity (Wildman–Crippen MR) is 98.5 cm³/mol. The number of hydrogen-bond donors (Lipinski definition) is 3. The van der Waals surface area contributed by atoms with E-state index < -0.39 is 0 Å². The minimum Gasteiger partial charge on any atom is -0.493 e. The number of para-hydroxylation sites is 3. The van der Waals surface area contributed by atoms with E-state index >= 15 is 0 Å². The van der Waals surface area contributed by atoms with Gasteiger partial charge in [-0.1, -0.05) is 30.3 Å². The van der Waals surface area contributed by atoms with E-state index in [-0.39, 0.29) is 24.8 Å². The first-order chi connectivity index (χ1) is 12.2. The summed E-state index contributed by atoms with van der Waals surface area (Å²) in [6, 6.07) is 16.4. The van der Waals surface area contributed by atoms with Gasteiger partial charge in [0.15, 0.2) is 0 Å². The van der Waals surface area contributed by atoms with Gasteiger partial charge in [0.1, 0.15) is 5.75 Å². The van der Waals surface area contributed by atoms with Gasteiger partial charge in [0, 0.05) is 6.42 Å². The van der Waals surface area contributed by atoms with Gasteiger partial charge in [0.05, 0.1) is 24.4 Å². The standard InChI is InChI=1S/C19H23N3O3/c20-13-6-11-18(23)21-16-9-4-5-10-17(16)22-19(24)12-14-25-15-7-2-1-3-8-15/h1-5,7-10H,6,11-14,20H2,(H,21,23)(H,22,24). The molecule has 25 heavy (non-hydrogen) atoms. The van der Waals surface area contributed by atoms with Crippen LogP contribution in [0.25, 0.3) is 0 Å². The molecule has 6 nitrogen and oxygen atoms in total. The molecule has 4 N–H and O–H groups in total. The molecule has 0 atom stereocenters. The van der Waals surface area contributed by atoms with Crippen molar-refractivity contribution in [3.63, 3.8) is 0 Å². The van der Waals surface area contributed by atoms with E-state index in [4.69, 9.17) is 10.5 Å². The first kappa shape index (κ1) is 18.5. The maximum atomic E-state index is 12.1. The second kappa shape index (κ2) is 10.1. The maximum Gasteiger partial charge on any atom is 0.227 e. The van der Waals surface area contributed by atoms with Crippen molar-refractivity contribution < 1.29 is 14.3 Å². The lowest BCUT2D eigenvalue weighted by molar-refractivity contribution is -0.117. The van der Waals surface area contributed by atoms with Crippen LogP contribution in [-0.4, -0.2) is 25.0 Å². The summed E-state index contributed by atoms with van der Waals surface area (Å²) in [7, 11) is 0. The molecule has 2 rings (SSSR count). The number of nitrogens with one attached hydrogen (secondary N) is 2. The zero-order valence-corrected chi connectivity index (χ0v) is 14.0. The normalized spacial score (nSPS) is 10.1. The van der Waals surface area contributed by atoms with Gasteiger partial charge in [-0.05, 0) is 37.2 Å². The Labute approximate surface area is 147 Å². The van der Waals surface area contributed by atoms with Crippen molar-refractivity contribution in [2.75, 3.05) is 23.8 Å². The second-order valence-corrected chi connectivity index (χ2v) is 5.45. The minimum atomic E-state index is -0.181. The van der Waals surface area contributed by atoms with Crippen LogP contribution in [-0.2, 0) is 9.59 Å². The molecule has 2 aromatic rings. The number of nitrogens with two attached hydrogens (primary N) is 1. The van der Waals surface area contributed by atoms with Crippen molar-refractivity contribution in [2.24, 2.45) is 5.73 Å². The van der Waals surface area contributed by atoms with E-state index in [0.29, 0.717) is 30.8 Å². The molecule has 0 aliphatic heterocycles. The van der Waals surface area contributed by atoms with E-state index in [1.54, 1.807) is 24.3 Å². The third-order valence-corrected chi connectivity index (χ3v) is 3.42. The van der Waals surface area contributed by atoms with E-state index in [1.165, 1.54) is 0 Å². The number of carbonyl (C=O) groups excluding carboxylic acids is 2. The topological polar surface area (TPSA) is 93.5 Å². The Bertz CT molecular complexity index is 689. The highest BCUT2D eigenvalue weighted by Gasteiger charge is 2.09. The van der Waals surface area contributed by atoms with Crippen molar-refractivity contribution in [1.29, 1.82) is 0 Å². The highest BCUT2D eigenvalue weighted by Crippen LogP contribution is 2.21. The van der Waals surface area contributed by atoms with Gasteiger partial charge in [-0.3, -0.25) is 9.59 Å². The number of hydrogen-bond acceptors (Lipinski definition) is 4. The molecule has 132 valence electrons. The lowest BCUT2D eigenvalue weighted by Gasteiger charge is -2.12. The number of benzene rings is 2. The van der Waals surface area contributed by atoms with Crippen LogP contribution in [0.2, 0.25) is 0 Å². The van der Waals surface area contributed by atoms with Crippen LogP contribution in [0, 0.1) is 0 Å². The van der Waals surface area contributed by atoms with E-state index in [9.17, 15) is 9.59 Å². The Morgan fingerprint density at radius 1 is 0.840 bits per heavy atom. The van der Waals surface area contributed by atoms with Crippen molar-refractivity contribution in [2.45, 2.75) is 19.3 Å². The molecule has 0 aromatic heterocycles. The number of rotatable bonds is 9. The summed E-state index contributed by atoms with van der Waals surface area (Å²) in [4.78, 5) is 23.9. The van der Waals surface area contributed by atoms with Crippen LogP contribution in [0.4, 0.5) is 11.4 Å². The second-order valence-electron chi connectivity index (χ2n) is 5.45. The Hall–Kier alpha value is -2.86. The monoisotopic (exact) mass is 341 g/mol. The number of ether oxygens (including phenoxy) is 1. The molecule has 0 spiro atoms. The third kappa shape index (κ3) is 6.64. The van der Waals surface area contributed by atoms with Crippen LogP contribution in [0.15, 0.2) is 54.6 Å².